The van der Waals surface area contributed by atoms with Gasteiger partial charge in [-0.15, -0.1) is 0 Å². The zero-order chi connectivity index (χ0) is 21.0. The number of nitrogens with one attached hydrogen (secondary N) is 1. The lowest BCUT2D eigenvalue weighted by molar-refractivity contribution is -0.0498. The summed E-state index contributed by atoms with van der Waals surface area (Å²) in [4.78, 5) is 12.6. The Balaban J connectivity index is 1.70. The topological polar surface area (TPSA) is 100 Å². The summed E-state index contributed by atoms with van der Waals surface area (Å²) < 4.78 is 35.8. The van der Waals surface area contributed by atoms with Crippen LogP contribution in [0.1, 0.15) is 33.3 Å². The van der Waals surface area contributed by atoms with Crippen molar-refractivity contribution in [3.63, 3.8) is 0 Å². The Morgan fingerprint density at radius 2 is 1.97 bits per heavy atom. The molecule has 0 aliphatic heterocycles. The van der Waals surface area contributed by atoms with Crippen LogP contribution in [0.4, 0.5) is 8.78 Å². The fourth-order valence-corrected chi connectivity index (χ4v) is 2.83. The maximum atomic E-state index is 12.6. The van der Waals surface area contributed by atoms with Crippen molar-refractivity contribution in [1.82, 2.24) is 9.88 Å². The summed E-state index contributed by atoms with van der Waals surface area (Å²) in [6.07, 6.45) is 2.29. The van der Waals surface area contributed by atoms with Crippen LogP contribution >= 0.6 is 0 Å². The molecule has 9 heteroatoms. The fourth-order valence-electron chi connectivity index (χ4n) is 2.83. The number of carbonyl (C=O) groups is 1. The highest BCUT2D eigenvalue weighted by atomic mass is 19.3. The molecule has 0 fully saturated rings. The molecule has 150 valence electrons. The van der Waals surface area contributed by atoms with Gasteiger partial charge in [0.05, 0.1) is 6.10 Å². The molecule has 1 amide bonds. The third kappa shape index (κ3) is 4.44. The first-order valence-electron chi connectivity index (χ1n) is 8.58. The molecule has 1 unspecified atom stereocenters. The summed E-state index contributed by atoms with van der Waals surface area (Å²) in [6, 6.07) is 10.9. The first-order valence-corrected chi connectivity index (χ1v) is 8.58. The third-order valence-electron chi connectivity index (χ3n) is 4.19. The van der Waals surface area contributed by atoms with E-state index >= 15 is 0 Å². The Labute approximate surface area is 164 Å². The number of rotatable bonds is 7. The van der Waals surface area contributed by atoms with Gasteiger partial charge in [-0.3, -0.25) is 9.36 Å². The number of aliphatic hydroxyl groups excluding tert-OH is 1. The van der Waals surface area contributed by atoms with E-state index in [1.54, 1.807) is 36.0 Å². The van der Waals surface area contributed by atoms with Crippen molar-refractivity contribution in [3.05, 3.63) is 71.2 Å². The smallest absolute Gasteiger partial charge is 0.387 e. The van der Waals surface area contributed by atoms with Gasteiger partial charge in [0, 0.05) is 18.9 Å². The van der Waals surface area contributed by atoms with E-state index in [2.05, 4.69) is 10.1 Å². The summed E-state index contributed by atoms with van der Waals surface area (Å²) in [5.74, 6) is -0.107. The van der Waals surface area contributed by atoms with Crippen molar-refractivity contribution in [2.75, 3.05) is 6.54 Å². The number of hydrogen-bond donors (Lipinski definition) is 2. The fraction of sp³-hybridized carbons (Fsp3) is 0.200. The van der Waals surface area contributed by atoms with E-state index in [0.29, 0.717) is 5.56 Å². The highest BCUT2D eigenvalue weighted by Gasteiger charge is 2.25. The second-order valence-corrected chi connectivity index (χ2v) is 6.09. The van der Waals surface area contributed by atoms with Crippen molar-refractivity contribution < 1.29 is 27.8 Å². The summed E-state index contributed by atoms with van der Waals surface area (Å²) in [7, 11) is 0. The van der Waals surface area contributed by atoms with Crippen molar-refractivity contribution >= 4 is 5.91 Å². The van der Waals surface area contributed by atoms with E-state index in [1.807, 2.05) is 6.07 Å². The Kier molecular flexibility index (Phi) is 5.95. The number of alkyl halides is 2. The number of carbonyl (C=O) groups excluding carboxylic acids is 1. The van der Waals surface area contributed by atoms with Gasteiger partial charge in [0.25, 0.3) is 5.91 Å². The van der Waals surface area contributed by atoms with Crippen LogP contribution in [0.2, 0.25) is 0 Å². The molecule has 7 nitrogen and oxygen atoms in total. The molecule has 0 spiro atoms. The minimum Gasteiger partial charge on any atom is -0.443 e. The quantitative estimate of drug-likeness (QED) is 0.633. The van der Waals surface area contributed by atoms with E-state index in [0.717, 1.165) is 0 Å². The molecule has 1 atom stereocenters. The number of ether oxygens (including phenoxy) is 1. The average Bonchev–Trinajstić information content (AvgIpc) is 3.33. The van der Waals surface area contributed by atoms with Crippen LogP contribution in [0.5, 0.6) is 5.75 Å². The van der Waals surface area contributed by atoms with E-state index in [1.165, 1.54) is 24.3 Å². The summed E-state index contributed by atoms with van der Waals surface area (Å²) >= 11 is 0. The number of hydrogen-bond acceptors (Lipinski definition) is 5. The van der Waals surface area contributed by atoms with E-state index in [9.17, 15) is 23.9 Å². The van der Waals surface area contributed by atoms with Gasteiger partial charge in [-0.2, -0.15) is 14.0 Å². The van der Waals surface area contributed by atoms with Crippen molar-refractivity contribution in [2.24, 2.45) is 0 Å². The van der Waals surface area contributed by atoms with Crippen molar-refractivity contribution in [2.45, 2.75) is 19.6 Å². The molecule has 3 aromatic rings. The largest absolute Gasteiger partial charge is 0.443 e. The molecule has 2 aromatic heterocycles. The lowest BCUT2D eigenvalue weighted by Gasteiger charge is -2.13. The zero-order valence-corrected chi connectivity index (χ0v) is 15.3. The van der Waals surface area contributed by atoms with Crippen LogP contribution in [0, 0.1) is 18.3 Å². The Morgan fingerprint density at radius 1 is 1.31 bits per heavy atom. The lowest BCUT2D eigenvalue weighted by Crippen LogP contribution is -2.29. The standard InChI is InChI=1S/C20H17F2N3O4/c1-12-17(15(10-23)19(28-12)25-8-2-3-9-25)18(27)24-11-16(26)13-4-6-14(7-5-13)29-20(21)22/h2-9,16,20,26H,11H2,1H3,(H,24,27). The van der Waals surface area contributed by atoms with Crippen LogP contribution in [-0.2, 0) is 0 Å². The van der Waals surface area contributed by atoms with Gasteiger partial charge in [0.15, 0.2) is 0 Å². The molecule has 0 saturated heterocycles. The second-order valence-electron chi connectivity index (χ2n) is 6.09. The molecule has 0 radical (unpaired) electrons. The monoisotopic (exact) mass is 401 g/mol. The number of aliphatic hydroxyl groups is 1. The van der Waals surface area contributed by atoms with E-state index in [-0.39, 0.29) is 35.1 Å². The van der Waals surface area contributed by atoms with Gasteiger partial charge in [-0.1, -0.05) is 12.1 Å². The average molecular weight is 401 g/mol. The third-order valence-corrected chi connectivity index (χ3v) is 4.19. The number of aromatic nitrogens is 1. The molecular formula is C20H17F2N3O4. The normalized spacial score (nSPS) is 11.9. The molecule has 0 saturated carbocycles. The number of amides is 1. The second kappa shape index (κ2) is 8.58. The summed E-state index contributed by atoms with van der Waals surface area (Å²) in [6.45, 7) is -1.52. The maximum absolute atomic E-state index is 12.6. The van der Waals surface area contributed by atoms with Crippen LogP contribution in [0.25, 0.3) is 5.88 Å². The summed E-state index contributed by atoms with van der Waals surface area (Å²) in [5.41, 5.74) is 0.577. The minimum absolute atomic E-state index is 0.0368. The van der Waals surface area contributed by atoms with Crippen LogP contribution in [-0.4, -0.2) is 28.7 Å². The molecule has 2 N–H and O–H groups in total. The Hall–Kier alpha value is -3.64. The van der Waals surface area contributed by atoms with Crippen molar-refractivity contribution in [3.8, 4) is 17.7 Å². The summed E-state index contributed by atoms with van der Waals surface area (Å²) in [5, 5.41) is 22.3. The van der Waals surface area contributed by atoms with Gasteiger partial charge in [0.1, 0.15) is 28.7 Å². The SMILES string of the molecule is Cc1oc(-n2cccc2)c(C#N)c1C(=O)NCC(O)c1ccc(OC(F)F)cc1. The molecule has 2 heterocycles. The molecule has 29 heavy (non-hydrogen) atoms. The van der Waals surface area contributed by atoms with Crippen LogP contribution in [0.3, 0.4) is 0 Å². The molecule has 0 aliphatic carbocycles. The Bertz CT molecular complexity index is 1020. The molecule has 3 rings (SSSR count). The molecular weight excluding hydrogens is 384 g/mol. The van der Waals surface area contributed by atoms with Crippen LogP contribution in [0.15, 0.2) is 53.2 Å². The first kappa shape index (κ1) is 20.1. The van der Waals surface area contributed by atoms with Gasteiger partial charge in [-0.25, -0.2) is 0 Å². The minimum atomic E-state index is -2.94. The number of halogens is 2. The number of benzene rings is 1. The van der Waals surface area contributed by atoms with Crippen molar-refractivity contribution in [1.29, 1.82) is 5.26 Å². The number of aryl methyl sites for hydroxylation is 1. The number of nitrogens with zero attached hydrogens (tertiary/aromatic N) is 2. The predicted molar refractivity (Wildman–Crippen MR) is 97.9 cm³/mol. The van der Waals surface area contributed by atoms with E-state index in [4.69, 9.17) is 4.42 Å². The predicted octanol–water partition coefficient (Wildman–Crippen LogP) is 3.32. The van der Waals surface area contributed by atoms with Gasteiger partial charge in [0.2, 0.25) is 5.88 Å². The highest BCUT2D eigenvalue weighted by molar-refractivity contribution is 5.98. The van der Waals surface area contributed by atoms with Gasteiger partial charge >= 0.3 is 6.61 Å². The first-order chi connectivity index (χ1) is 13.9. The molecule has 0 aliphatic rings. The highest BCUT2D eigenvalue weighted by Crippen LogP contribution is 2.25. The number of nitriles is 1. The van der Waals surface area contributed by atoms with Crippen LogP contribution < -0.4 is 10.1 Å². The van der Waals surface area contributed by atoms with E-state index < -0.39 is 18.6 Å². The lowest BCUT2D eigenvalue weighted by atomic mass is 10.1. The molecule has 1 aromatic carbocycles. The number of furan rings is 1. The molecule has 0 bridgehead atoms. The maximum Gasteiger partial charge on any atom is 0.387 e. The Morgan fingerprint density at radius 3 is 2.55 bits per heavy atom. The zero-order valence-electron chi connectivity index (χ0n) is 15.3. The van der Waals surface area contributed by atoms with Gasteiger partial charge in [-0.05, 0) is 36.8 Å². The van der Waals surface area contributed by atoms with Gasteiger partial charge < -0.3 is 19.6 Å².